The van der Waals surface area contributed by atoms with Gasteiger partial charge >= 0.3 is 0 Å². The summed E-state index contributed by atoms with van der Waals surface area (Å²) in [6, 6.07) is 13.0. The molecule has 19 heavy (non-hydrogen) atoms. The minimum Gasteiger partial charge on any atom is -0.469 e. The van der Waals surface area contributed by atoms with Crippen LogP contribution in [0.3, 0.4) is 0 Å². The van der Waals surface area contributed by atoms with Crippen molar-refractivity contribution in [2.75, 3.05) is 6.54 Å². The van der Waals surface area contributed by atoms with Crippen molar-refractivity contribution < 1.29 is 13.6 Å². The first-order chi connectivity index (χ1) is 9.33. The average molecular weight is 255 g/mol. The van der Waals surface area contributed by atoms with Crippen molar-refractivity contribution in [1.29, 1.82) is 0 Å². The van der Waals surface area contributed by atoms with Crippen molar-refractivity contribution in [1.82, 2.24) is 5.32 Å². The van der Waals surface area contributed by atoms with Crippen molar-refractivity contribution in [3.8, 4) is 0 Å². The highest BCUT2D eigenvalue weighted by Crippen LogP contribution is 2.18. The van der Waals surface area contributed by atoms with Gasteiger partial charge in [-0.3, -0.25) is 4.79 Å². The highest BCUT2D eigenvalue weighted by molar-refractivity contribution is 5.96. The first kappa shape index (κ1) is 11.6. The number of amides is 1. The zero-order chi connectivity index (χ0) is 13.1. The SMILES string of the molecule is O=C(NCCc1ccco1)c1cc2ccccc2o1. The van der Waals surface area contributed by atoms with Gasteiger partial charge in [0.2, 0.25) is 0 Å². The van der Waals surface area contributed by atoms with Crippen LogP contribution in [0.5, 0.6) is 0 Å². The van der Waals surface area contributed by atoms with Crippen LogP contribution in [0.1, 0.15) is 16.3 Å². The number of para-hydroxylation sites is 1. The van der Waals surface area contributed by atoms with Crippen LogP contribution >= 0.6 is 0 Å². The van der Waals surface area contributed by atoms with E-state index in [1.54, 1.807) is 12.3 Å². The number of nitrogens with one attached hydrogen (secondary N) is 1. The number of benzene rings is 1. The molecule has 4 nitrogen and oxygen atoms in total. The Hall–Kier alpha value is -2.49. The van der Waals surface area contributed by atoms with Gasteiger partial charge in [0.05, 0.1) is 6.26 Å². The molecular weight excluding hydrogens is 242 g/mol. The van der Waals surface area contributed by atoms with Gasteiger partial charge in [0.1, 0.15) is 11.3 Å². The molecule has 1 aromatic carbocycles. The second kappa shape index (κ2) is 5.02. The maximum atomic E-state index is 11.9. The molecule has 2 aromatic heterocycles. The van der Waals surface area contributed by atoms with E-state index in [0.29, 0.717) is 18.7 Å². The Kier molecular flexibility index (Phi) is 3.06. The maximum absolute atomic E-state index is 11.9. The van der Waals surface area contributed by atoms with Crippen molar-refractivity contribution in [2.45, 2.75) is 6.42 Å². The lowest BCUT2D eigenvalue weighted by Crippen LogP contribution is -2.25. The minimum absolute atomic E-state index is 0.206. The molecule has 0 spiro atoms. The molecule has 3 aromatic rings. The molecule has 0 atom stereocenters. The molecule has 4 heteroatoms. The first-order valence-corrected chi connectivity index (χ1v) is 6.12. The third-order valence-electron chi connectivity index (χ3n) is 2.89. The second-order valence-electron chi connectivity index (χ2n) is 4.23. The van der Waals surface area contributed by atoms with Gasteiger partial charge in [-0.15, -0.1) is 0 Å². The van der Waals surface area contributed by atoms with Crippen LogP contribution in [0.25, 0.3) is 11.0 Å². The normalized spacial score (nSPS) is 10.7. The van der Waals surface area contributed by atoms with E-state index >= 15 is 0 Å². The zero-order valence-corrected chi connectivity index (χ0v) is 10.3. The summed E-state index contributed by atoms with van der Waals surface area (Å²) in [6.07, 6.45) is 2.29. The quantitative estimate of drug-likeness (QED) is 0.779. The molecule has 0 bridgehead atoms. The Labute approximate surface area is 110 Å². The lowest BCUT2D eigenvalue weighted by Gasteiger charge is -2.00. The van der Waals surface area contributed by atoms with Gasteiger partial charge in [-0.25, -0.2) is 0 Å². The largest absolute Gasteiger partial charge is 0.469 e. The molecule has 0 aliphatic carbocycles. The number of hydrogen-bond acceptors (Lipinski definition) is 3. The second-order valence-corrected chi connectivity index (χ2v) is 4.23. The van der Waals surface area contributed by atoms with E-state index in [2.05, 4.69) is 5.32 Å². The number of furan rings is 2. The van der Waals surface area contributed by atoms with E-state index in [4.69, 9.17) is 8.83 Å². The Bertz CT molecular complexity index is 649. The molecule has 96 valence electrons. The predicted octanol–water partition coefficient (Wildman–Crippen LogP) is 3.00. The fourth-order valence-corrected chi connectivity index (χ4v) is 1.93. The molecule has 2 heterocycles. The Morgan fingerprint density at radius 3 is 2.84 bits per heavy atom. The summed E-state index contributed by atoms with van der Waals surface area (Å²) in [4.78, 5) is 11.9. The molecule has 0 saturated heterocycles. The predicted molar refractivity (Wildman–Crippen MR) is 71.0 cm³/mol. The Balaban J connectivity index is 1.63. The van der Waals surface area contributed by atoms with Gasteiger partial charge < -0.3 is 14.2 Å². The monoisotopic (exact) mass is 255 g/mol. The molecule has 0 aliphatic rings. The summed E-state index contributed by atoms with van der Waals surface area (Å²) in [5.74, 6) is 0.980. The molecule has 0 radical (unpaired) electrons. The van der Waals surface area contributed by atoms with Crippen LogP contribution in [0, 0.1) is 0 Å². The fraction of sp³-hybridized carbons (Fsp3) is 0.133. The highest BCUT2D eigenvalue weighted by atomic mass is 16.3. The van der Waals surface area contributed by atoms with Crippen molar-refractivity contribution >= 4 is 16.9 Å². The molecule has 0 aliphatic heterocycles. The third-order valence-corrected chi connectivity index (χ3v) is 2.89. The number of carbonyl (C=O) groups excluding carboxylic acids is 1. The van der Waals surface area contributed by atoms with Crippen LogP contribution < -0.4 is 5.32 Å². The summed E-state index contributed by atoms with van der Waals surface area (Å²) in [5.41, 5.74) is 0.721. The lowest BCUT2D eigenvalue weighted by molar-refractivity contribution is 0.0928. The molecular formula is C15H13NO3. The van der Waals surface area contributed by atoms with E-state index in [-0.39, 0.29) is 5.91 Å². The molecule has 0 unspecified atom stereocenters. The highest BCUT2D eigenvalue weighted by Gasteiger charge is 2.11. The topological polar surface area (TPSA) is 55.4 Å². The van der Waals surface area contributed by atoms with E-state index < -0.39 is 0 Å². The fourth-order valence-electron chi connectivity index (χ4n) is 1.93. The van der Waals surface area contributed by atoms with E-state index in [1.807, 2.05) is 36.4 Å². The number of carbonyl (C=O) groups is 1. The summed E-state index contributed by atoms with van der Waals surface area (Å²) in [7, 11) is 0. The number of fused-ring (bicyclic) bond motifs is 1. The molecule has 0 fully saturated rings. The van der Waals surface area contributed by atoms with Gasteiger partial charge in [-0.2, -0.15) is 0 Å². The summed E-state index contributed by atoms with van der Waals surface area (Å²) >= 11 is 0. The minimum atomic E-state index is -0.206. The summed E-state index contributed by atoms with van der Waals surface area (Å²) in [5, 5.41) is 3.73. The smallest absolute Gasteiger partial charge is 0.287 e. The van der Waals surface area contributed by atoms with Crippen molar-refractivity contribution in [3.63, 3.8) is 0 Å². The zero-order valence-electron chi connectivity index (χ0n) is 10.3. The average Bonchev–Trinajstić information content (AvgIpc) is 3.07. The van der Waals surface area contributed by atoms with Crippen LogP contribution in [-0.4, -0.2) is 12.5 Å². The van der Waals surface area contributed by atoms with Gasteiger partial charge in [0, 0.05) is 18.4 Å². The standard InChI is InChI=1S/C15H13NO3/c17-15(16-8-7-12-5-3-9-18-12)14-10-11-4-1-2-6-13(11)19-14/h1-6,9-10H,7-8H2,(H,16,17). The van der Waals surface area contributed by atoms with Crippen LogP contribution in [0.15, 0.2) is 57.6 Å². The van der Waals surface area contributed by atoms with Crippen LogP contribution in [0.4, 0.5) is 0 Å². The van der Waals surface area contributed by atoms with Crippen molar-refractivity contribution in [2.24, 2.45) is 0 Å². The van der Waals surface area contributed by atoms with Gasteiger partial charge in [0.15, 0.2) is 5.76 Å². The first-order valence-electron chi connectivity index (χ1n) is 6.12. The molecule has 3 rings (SSSR count). The molecule has 0 saturated carbocycles. The van der Waals surface area contributed by atoms with E-state index in [0.717, 1.165) is 16.7 Å². The third kappa shape index (κ3) is 2.52. The Morgan fingerprint density at radius 2 is 2.05 bits per heavy atom. The number of rotatable bonds is 4. The van der Waals surface area contributed by atoms with Crippen molar-refractivity contribution in [3.05, 3.63) is 60.2 Å². The summed E-state index contributed by atoms with van der Waals surface area (Å²) < 4.78 is 10.7. The van der Waals surface area contributed by atoms with Crippen LogP contribution in [0.2, 0.25) is 0 Å². The van der Waals surface area contributed by atoms with Gasteiger partial charge in [-0.05, 0) is 24.3 Å². The maximum Gasteiger partial charge on any atom is 0.287 e. The van der Waals surface area contributed by atoms with Crippen LogP contribution in [-0.2, 0) is 6.42 Å². The van der Waals surface area contributed by atoms with E-state index in [1.165, 1.54) is 0 Å². The van der Waals surface area contributed by atoms with Gasteiger partial charge in [0.25, 0.3) is 5.91 Å². The molecule has 1 amide bonds. The van der Waals surface area contributed by atoms with Gasteiger partial charge in [-0.1, -0.05) is 18.2 Å². The number of hydrogen-bond donors (Lipinski definition) is 1. The Morgan fingerprint density at radius 1 is 1.16 bits per heavy atom. The summed E-state index contributed by atoms with van der Waals surface area (Å²) in [6.45, 7) is 0.517. The van der Waals surface area contributed by atoms with E-state index in [9.17, 15) is 4.79 Å². The molecule has 1 N–H and O–H groups in total. The lowest BCUT2D eigenvalue weighted by atomic mass is 10.2.